The number of fused-ring (bicyclic) bond motifs is 1. The minimum Gasteiger partial charge on any atom is -0.373 e. The van der Waals surface area contributed by atoms with Gasteiger partial charge in [-0.15, -0.1) is 0 Å². The van der Waals surface area contributed by atoms with Crippen molar-refractivity contribution in [3.8, 4) is 0 Å². The minimum absolute atomic E-state index is 0.00399. The number of aromatic nitrogens is 1. The average molecular weight is 301 g/mol. The predicted molar refractivity (Wildman–Crippen MR) is 72.1 cm³/mol. The number of anilines is 1. The molecule has 2 atom stereocenters. The summed E-state index contributed by atoms with van der Waals surface area (Å²) in [5.74, 6) is 0.233. The van der Waals surface area contributed by atoms with Gasteiger partial charge in [0.2, 0.25) is 0 Å². The zero-order valence-corrected chi connectivity index (χ0v) is 11.6. The Bertz CT molecular complexity index is 495. The van der Waals surface area contributed by atoms with E-state index < -0.39 is 11.9 Å². The Kier molecular flexibility index (Phi) is 4.03. The second-order valence-corrected chi connectivity index (χ2v) is 5.53. The van der Waals surface area contributed by atoms with E-state index in [1.807, 2.05) is 0 Å². The van der Waals surface area contributed by atoms with E-state index in [1.54, 1.807) is 0 Å². The lowest BCUT2D eigenvalue weighted by molar-refractivity contribution is -0.141. The van der Waals surface area contributed by atoms with E-state index in [0.717, 1.165) is 19.2 Å². The molecular weight excluding hydrogens is 283 g/mol. The highest BCUT2D eigenvalue weighted by Gasteiger charge is 2.33. The van der Waals surface area contributed by atoms with Crippen LogP contribution in [0.2, 0.25) is 0 Å². The maximum absolute atomic E-state index is 12.6. The summed E-state index contributed by atoms with van der Waals surface area (Å²) in [6, 6.07) is 4.39. The second-order valence-electron chi connectivity index (χ2n) is 5.53. The fourth-order valence-electron chi connectivity index (χ4n) is 2.92. The smallest absolute Gasteiger partial charge is 0.373 e. The highest BCUT2D eigenvalue weighted by molar-refractivity contribution is 5.36. The first-order valence-electron chi connectivity index (χ1n) is 7.16. The Morgan fingerprint density at radius 3 is 3.05 bits per heavy atom. The molecule has 0 bridgehead atoms. The van der Waals surface area contributed by atoms with Crippen molar-refractivity contribution in [3.05, 3.63) is 23.9 Å². The third kappa shape index (κ3) is 3.47. The topological polar surface area (TPSA) is 37.4 Å². The number of nitrogens with one attached hydrogen (secondary N) is 1. The standard InChI is InChI=1S/C14H18F3N3O/c15-14(16,17)12-4-1-5-13(19-12)18-7-11-8-20-6-2-3-10(20)9-21-11/h1,4-5,10-11H,2-3,6-9H2,(H,18,19). The number of halogens is 3. The number of rotatable bonds is 3. The summed E-state index contributed by atoms with van der Waals surface area (Å²) in [4.78, 5) is 5.99. The molecule has 7 heteroatoms. The molecule has 1 N–H and O–H groups in total. The van der Waals surface area contributed by atoms with Crippen molar-refractivity contribution in [2.24, 2.45) is 0 Å². The molecule has 116 valence electrons. The van der Waals surface area contributed by atoms with Crippen molar-refractivity contribution in [1.29, 1.82) is 0 Å². The van der Waals surface area contributed by atoms with E-state index in [-0.39, 0.29) is 11.9 Å². The molecule has 0 saturated carbocycles. The normalized spacial score (nSPS) is 26.6. The van der Waals surface area contributed by atoms with Crippen LogP contribution in [0.5, 0.6) is 0 Å². The SMILES string of the molecule is FC(F)(F)c1cccc(NCC2CN3CCCC3CO2)n1. The van der Waals surface area contributed by atoms with Crippen LogP contribution in [0.1, 0.15) is 18.5 Å². The van der Waals surface area contributed by atoms with Crippen LogP contribution in [0.15, 0.2) is 18.2 Å². The zero-order valence-electron chi connectivity index (χ0n) is 11.6. The first kappa shape index (κ1) is 14.6. The molecule has 21 heavy (non-hydrogen) atoms. The number of ether oxygens (including phenoxy) is 1. The van der Waals surface area contributed by atoms with Gasteiger partial charge in [0.1, 0.15) is 11.5 Å². The molecule has 0 aromatic carbocycles. The molecule has 0 amide bonds. The average Bonchev–Trinajstić information content (AvgIpc) is 2.92. The van der Waals surface area contributed by atoms with E-state index in [1.165, 1.54) is 25.0 Å². The van der Waals surface area contributed by atoms with Gasteiger partial charge in [-0.3, -0.25) is 4.90 Å². The summed E-state index contributed by atoms with van der Waals surface area (Å²) >= 11 is 0. The molecule has 3 heterocycles. The van der Waals surface area contributed by atoms with Gasteiger partial charge < -0.3 is 10.1 Å². The number of alkyl halides is 3. The van der Waals surface area contributed by atoms with Gasteiger partial charge in [0.25, 0.3) is 0 Å². The number of pyridine rings is 1. The van der Waals surface area contributed by atoms with Crippen LogP contribution in [-0.4, -0.2) is 48.3 Å². The maximum Gasteiger partial charge on any atom is 0.433 e. The summed E-state index contributed by atoms with van der Waals surface area (Å²) in [5.41, 5.74) is -0.878. The van der Waals surface area contributed by atoms with E-state index in [0.29, 0.717) is 19.2 Å². The van der Waals surface area contributed by atoms with Crippen molar-refractivity contribution in [2.75, 3.05) is 31.6 Å². The Balaban J connectivity index is 1.55. The molecule has 0 radical (unpaired) electrons. The van der Waals surface area contributed by atoms with E-state index in [4.69, 9.17) is 4.74 Å². The number of hydrogen-bond donors (Lipinski definition) is 1. The van der Waals surface area contributed by atoms with Crippen LogP contribution < -0.4 is 5.32 Å². The van der Waals surface area contributed by atoms with E-state index >= 15 is 0 Å². The Morgan fingerprint density at radius 2 is 2.24 bits per heavy atom. The van der Waals surface area contributed by atoms with Gasteiger partial charge in [-0.1, -0.05) is 6.07 Å². The summed E-state index contributed by atoms with van der Waals surface area (Å²) in [5, 5.41) is 2.94. The van der Waals surface area contributed by atoms with Crippen molar-refractivity contribution in [1.82, 2.24) is 9.88 Å². The van der Waals surface area contributed by atoms with Gasteiger partial charge in [-0.2, -0.15) is 13.2 Å². The van der Waals surface area contributed by atoms with Gasteiger partial charge in [-0.05, 0) is 31.5 Å². The van der Waals surface area contributed by atoms with Crippen molar-refractivity contribution in [3.63, 3.8) is 0 Å². The Hall–Kier alpha value is -1.34. The Labute approximate surface area is 121 Å². The number of nitrogens with zero attached hydrogens (tertiary/aromatic N) is 2. The molecule has 2 fully saturated rings. The lowest BCUT2D eigenvalue weighted by Crippen LogP contribution is -2.48. The number of hydrogen-bond acceptors (Lipinski definition) is 4. The Morgan fingerprint density at radius 1 is 1.38 bits per heavy atom. The predicted octanol–water partition coefficient (Wildman–Crippen LogP) is 2.38. The fraction of sp³-hybridized carbons (Fsp3) is 0.643. The molecule has 2 aliphatic rings. The summed E-state index contributed by atoms with van der Waals surface area (Å²) in [7, 11) is 0. The molecule has 4 nitrogen and oxygen atoms in total. The molecule has 1 aromatic rings. The maximum atomic E-state index is 12.6. The fourth-order valence-corrected chi connectivity index (χ4v) is 2.92. The zero-order chi connectivity index (χ0) is 14.9. The van der Waals surface area contributed by atoms with E-state index in [2.05, 4.69) is 15.2 Å². The first-order valence-corrected chi connectivity index (χ1v) is 7.16. The molecule has 1 aromatic heterocycles. The van der Waals surface area contributed by atoms with Crippen LogP contribution in [0.3, 0.4) is 0 Å². The van der Waals surface area contributed by atoms with Crippen LogP contribution in [0.25, 0.3) is 0 Å². The summed E-state index contributed by atoms with van der Waals surface area (Å²) in [6.07, 6.45) is -2.05. The molecule has 0 spiro atoms. The second kappa shape index (κ2) is 5.81. The van der Waals surface area contributed by atoms with Crippen molar-refractivity contribution < 1.29 is 17.9 Å². The van der Waals surface area contributed by atoms with Crippen LogP contribution in [0.4, 0.5) is 19.0 Å². The van der Waals surface area contributed by atoms with Crippen LogP contribution >= 0.6 is 0 Å². The number of morpholine rings is 1. The van der Waals surface area contributed by atoms with Gasteiger partial charge in [0, 0.05) is 19.1 Å². The summed E-state index contributed by atoms with van der Waals surface area (Å²) < 4.78 is 43.5. The molecule has 2 aliphatic heterocycles. The van der Waals surface area contributed by atoms with E-state index in [9.17, 15) is 13.2 Å². The molecular formula is C14H18F3N3O. The third-order valence-electron chi connectivity index (χ3n) is 4.01. The van der Waals surface area contributed by atoms with Crippen molar-refractivity contribution in [2.45, 2.75) is 31.2 Å². The largest absolute Gasteiger partial charge is 0.433 e. The van der Waals surface area contributed by atoms with Gasteiger partial charge in [-0.25, -0.2) is 4.98 Å². The van der Waals surface area contributed by atoms with Gasteiger partial charge >= 0.3 is 6.18 Å². The highest BCUT2D eigenvalue weighted by Crippen LogP contribution is 2.28. The third-order valence-corrected chi connectivity index (χ3v) is 4.01. The molecule has 3 rings (SSSR count). The lowest BCUT2D eigenvalue weighted by Gasteiger charge is -2.35. The lowest BCUT2D eigenvalue weighted by atomic mass is 10.2. The van der Waals surface area contributed by atoms with Crippen LogP contribution in [0, 0.1) is 0 Å². The van der Waals surface area contributed by atoms with Crippen LogP contribution in [-0.2, 0) is 10.9 Å². The minimum atomic E-state index is -4.41. The summed E-state index contributed by atoms with van der Waals surface area (Å²) in [6.45, 7) is 3.10. The first-order chi connectivity index (χ1) is 10.0. The molecule has 2 unspecified atom stereocenters. The molecule has 0 aliphatic carbocycles. The monoisotopic (exact) mass is 301 g/mol. The van der Waals surface area contributed by atoms with Crippen molar-refractivity contribution >= 4 is 5.82 Å². The highest BCUT2D eigenvalue weighted by atomic mass is 19.4. The van der Waals surface area contributed by atoms with Gasteiger partial charge in [0.05, 0.1) is 12.7 Å². The quantitative estimate of drug-likeness (QED) is 0.930. The molecule has 2 saturated heterocycles. The van der Waals surface area contributed by atoms with Gasteiger partial charge in [0.15, 0.2) is 0 Å².